The Balaban J connectivity index is 0. The number of carboxylic acid groups (broad SMARTS) is 1. The zero-order valence-electron chi connectivity index (χ0n) is 56.9. The summed E-state index contributed by atoms with van der Waals surface area (Å²) in [5.41, 5.74) is 0. The van der Waals surface area contributed by atoms with Crippen molar-refractivity contribution >= 4 is 23.7 Å². The molecule has 0 radical (unpaired) electrons. The average molecular weight is 1300 g/mol. The Kier molecular flexibility index (Phi) is 58.8. The van der Waals surface area contributed by atoms with Crippen molar-refractivity contribution in [3.05, 3.63) is 24.3 Å². The van der Waals surface area contributed by atoms with E-state index < -0.39 is 106 Å². The number of unbranched alkanes of at least 4 members (excludes halogenated alkanes) is 28. The number of carboxylic acids is 1. The van der Waals surface area contributed by atoms with Gasteiger partial charge in [0, 0.05) is 31.6 Å². The van der Waals surface area contributed by atoms with Crippen LogP contribution in [0.3, 0.4) is 0 Å². The molecule has 13 N–H and O–H groups in total. The van der Waals surface area contributed by atoms with Crippen LogP contribution in [0.1, 0.15) is 267 Å². The number of imide groups is 1. The van der Waals surface area contributed by atoms with Crippen LogP contribution < -0.4 is 10.6 Å². The first kappa shape index (κ1) is 86.9. The number of nitrogens with one attached hydrogen (secondary N) is 2. The minimum Gasteiger partial charge on any atom is -0.481 e. The highest BCUT2D eigenvalue weighted by atomic mass is 19.1. The van der Waals surface area contributed by atoms with Crippen molar-refractivity contribution in [1.29, 1.82) is 0 Å². The van der Waals surface area contributed by atoms with Gasteiger partial charge in [-0.25, -0.2) is 0 Å². The van der Waals surface area contributed by atoms with E-state index in [0.717, 1.165) is 77.0 Å². The average Bonchev–Trinajstić information content (AvgIpc) is 2.53. The summed E-state index contributed by atoms with van der Waals surface area (Å²) < 4.78 is 37.3. The van der Waals surface area contributed by atoms with E-state index >= 15 is 0 Å². The molecule has 0 spiro atoms. The lowest BCUT2D eigenvalue weighted by Gasteiger charge is -2.40. The molecule has 3 aliphatic rings. The molecule has 3 fully saturated rings. The van der Waals surface area contributed by atoms with Gasteiger partial charge in [-0.15, -0.1) is 0 Å². The molecule has 3 rings (SSSR count). The minimum absolute atomic E-state index is 0.104. The third-order valence-electron chi connectivity index (χ3n) is 16.0. The molecule has 0 aromatic rings. The lowest BCUT2D eigenvalue weighted by molar-refractivity contribution is -0.303. The smallest absolute Gasteiger partial charge is 0.303 e. The number of alkyl halides is 1. The van der Waals surface area contributed by atoms with Crippen molar-refractivity contribution in [2.75, 3.05) is 33.6 Å². The monoisotopic (exact) mass is 1300 g/mol. The van der Waals surface area contributed by atoms with Crippen molar-refractivity contribution in [3.8, 4) is 0 Å². The largest absolute Gasteiger partial charge is 0.481 e. The number of carbonyl (C=O) groups is 4. The van der Waals surface area contributed by atoms with Crippen molar-refractivity contribution in [2.24, 2.45) is 5.92 Å². The molecule has 3 saturated heterocycles. The predicted octanol–water partition coefficient (Wildman–Crippen LogP) is 8.98. The molecule has 22 heteroatoms. The molecule has 10 unspecified atom stereocenters. The van der Waals surface area contributed by atoms with E-state index in [1.54, 1.807) is 12.2 Å². The van der Waals surface area contributed by atoms with E-state index in [2.05, 4.69) is 38.3 Å². The molecule has 0 aromatic carbocycles. The third-order valence-corrected chi connectivity index (χ3v) is 16.0. The summed E-state index contributed by atoms with van der Waals surface area (Å²) in [7, 11) is -1.00. The Bertz CT molecular complexity index is 1760. The van der Waals surface area contributed by atoms with Crippen LogP contribution in [0, 0.1) is 5.92 Å². The number of aliphatic carboxylic acids is 1. The van der Waals surface area contributed by atoms with Gasteiger partial charge in [0.2, 0.25) is 17.7 Å². The number of aliphatic hydroxyl groups is 10. The van der Waals surface area contributed by atoms with Crippen LogP contribution in [0.2, 0.25) is 0 Å². The van der Waals surface area contributed by atoms with Gasteiger partial charge < -0.3 is 80.4 Å². The van der Waals surface area contributed by atoms with Crippen LogP contribution in [0.25, 0.3) is 0 Å². The SMILES string of the molecule is CCCCCCC(=O)O.CCCCCCCCCCCCC/C=C/[C@@H](O)[C@@H](C)COC1OC(CO)C(O)C(O)C1O.CCCCCCCCCCCCC/C=C/[C@@H](O)[C@H](COC1OC(CO)C(O)C(O)C1O)NC(=O)CCCCCC.O=C1CCC(=O)N1.[2H]CF. The molecule has 3 heterocycles. The molecule has 3 aliphatic heterocycles. The first-order valence-electron chi connectivity index (χ1n) is 35.2. The maximum absolute atomic E-state index is 12.5. The van der Waals surface area contributed by atoms with Crippen LogP contribution >= 0.6 is 0 Å². The zero-order chi connectivity index (χ0) is 68.5. The summed E-state index contributed by atoms with van der Waals surface area (Å²) in [6.45, 7) is 9.38. The summed E-state index contributed by atoms with van der Waals surface area (Å²) in [5, 5.41) is 113. The highest BCUT2D eigenvalue weighted by molar-refractivity contribution is 6.01. The fraction of sp³-hybridized carbons (Fsp3) is 0.882. The summed E-state index contributed by atoms with van der Waals surface area (Å²) in [6, 6.07) is -0.792. The summed E-state index contributed by atoms with van der Waals surface area (Å²) in [5.74, 6) is -1.41. The summed E-state index contributed by atoms with van der Waals surface area (Å²) in [4.78, 5) is 42.7. The van der Waals surface area contributed by atoms with Crippen LogP contribution in [0.5, 0.6) is 0 Å². The van der Waals surface area contributed by atoms with Crippen molar-refractivity contribution in [3.63, 3.8) is 0 Å². The molecule has 0 aliphatic carbocycles. The molecule has 0 bridgehead atoms. The molecule has 90 heavy (non-hydrogen) atoms. The number of rotatable bonds is 47. The molecule has 0 saturated carbocycles. The molecule has 14 atom stereocenters. The molecule has 3 amide bonds. The van der Waals surface area contributed by atoms with Crippen LogP contribution in [-0.4, -0.2) is 193 Å². The van der Waals surface area contributed by atoms with E-state index in [0.29, 0.717) is 25.7 Å². The van der Waals surface area contributed by atoms with E-state index in [1.165, 1.54) is 128 Å². The minimum atomic E-state index is -1.56. The Morgan fingerprint density at radius 3 is 1.22 bits per heavy atom. The third kappa shape index (κ3) is 46.1. The maximum Gasteiger partial charge on any atom is 0.303 e. The Morgan fingerprint density at radius 1 is 0.544 bits per heavy atom. The number of carbonyl (C=O) groups excluding carboxylic acids is 3. The second-order valence-electron chi connectivity index (χ2n) is 24.2. The Hall–Kier alpha value is -3.07. The quantitative estimate of drug-likeness (QED) is 0.0153. The fourth-order valence-corrected chi connectivity index (χ4v) is 10.0. The molecule has 0 aromatic heterocycles. The Labute approximate surface area is 541 Å². The van der Waals surface area contributed by atoms with Gasteiger partial charge in [0.1, 0.15) is 48.8 Å². The first-order chi connectivity index (χ1) is 43.7. The maximum atomic E-state index is 12.5. The Morgan fingerprint density at radius 2 is 0.878 bits per heavy atom. The number of allylic oxidation sites excluding steroid dienone is 2. The number of amides is 3. The fourth-order valence-electron chi connectivity index (χ4n) is 10.0. The van der Waals surface area contributed by atoms with E-state index in [4.69, 9.17) is 25.4 Å². The van der Waals surface area contributed by atoms with Gasteiger partial charge >= 0.3 is 5.97 Å². The van der Waals surface area contributed by atoms with Crippen LogP contribution in [-0.2, 0) is 38.1 Å². The van der Waals surface area contributed by atoms with E-state index in [-0.39, 0.29) is 36.9 Å². The van der Waals surface area contributed by atoms with Crippen molar-refractivity contribution in [2.45, 2.75) is 345 Å². The van der Waals surface area contributed by atoms with Crippen LogP contribution in [0.4, 0.5) is 4.39 Å². The highest BCUT2D eigenvalue weighted by Crippen LogP contribution is 2.25. The summed E-state index contributed by atoms with van der Waals surface area (Å²) >= 11 is 0. The van der Waals surface area contributed by atoms with Gasteiger partial charge in [0.25, 0.3) is 0 Å². The lowest BCUT2D eigenvalue weighted by Crippen LogP contribution is -2.60. The van der Waals surface area contributed by atoms with E-state index in [1.807, 2.05) is 19.1 Å². The van der Waals surface area contributed by atoms with Gasteiger partial charge in [-0.1, -0.05) is 226 Å². The lowest BCUT2D eigenvalue weighted by atomic mass is 9.99. The number of aliphatic hydroxyl groups excluding tert-OH is 10. The second-order valence-corrected chi connectivity index (χ2v) is 24.2. The molecular formula is C68H129FN2O19. The predicted molar refractivity (Wildman–Crippen MR) is 348 cm³/mol. The van der Waals surface area contributed by atoms with E-state index in [9.17, 15) is 74.6 Å². The van der Waals surface area contributed by atoms with Gasteiger partial charge in [-0.3, -0.25) is 28.9 Å². The van der Waals surface area contributed by atoms with Crippen molar-refractivity contribution < 1.29 is 100 Å². The number of hydrogen-bond donors (Lipinski definition) is 13. The molecule has 532 valence electrons. The first-order valence-corrected chi connectivity index (χ1v) is 34.5. The number of halogens is 1. The topological polar surface area (TPSA) is 352 Å². The molecule has 21 nitrogen and oxygen atoms in total. The van der Waals surface area contributed by atoms with Gasteiger partial charge in [0.15, 0.2) is 12.6 Å². The highest BCUT2D eigenvalue weighted by Gasteiger charge is 2.45. The van der Waals surface area contributed by atoms with Crippen LogP contribution in [0.15, 0.2) is 24.3 Å². The number of ether oxygens (including phenoxy) is 4. The normalized spacial score (nSPS) is 23.8. The van der Waals surface area contributed by atoms with Gasteiger partial charge in [0.05, 0.1) is 53.2 Å². The second kappa shape index (κ2) is 60.8. The van der Waals surface area contributed by atoms with Gasteiger partial charge in [-0.05, 0) is 38.5 Å². The summed E-state index contributed by atoms with van der Waals surface area (Å²) in [6.07, 6.45) is 31.9. The van der Waals surface area contributed by atoms with Gasteiger partial charge in [-0.2, -0.15) is 0 Å². The zero-order valence-corrected chi connectivity index (χ0v) is 55.9. The number of hydrogen-bond acceptors (Lipinski definition) is 18. The standard InChI is InChI=1S/C31H59NO8.C25H48O7.C7H14O2.C4H5NO2.CH3F/c1-3-5-7-9-10-11-12-13-14-15-16-17-18-20-25(34)24(32-27(35)21-19-8-6-4-2)23-39-31-30(38)29(37)28(36)26(22-33)40-31;1-3-4-5-6-7-8-9-10-11-12-13-14-15-16-20(27)19(2)18-31-25-24(30)23(29)22(28)21(17-26)32-25;1-2-3-4-5-6-7(8)9;6-3-1-2-4(7)5-3;1-2/h18,20,24-26,28-31,33-34,36-38H,3-17,19,21-23H2,1-2H3,(H,32,35);15-16,19-30H,3-14,17-18H2,1-2H3;2-6H2,1H3,(H,8,9);1-2H2,(H,5,6,7);1H3/b20-18+;16-15+;;;/t24-,25+,26?,28?,29?,30?,31?;19-,20+,21?,22?,23?,24?,25?;;;/m00.../s1/i;;;;1D. The molecular weight excluding hydrogens is 1170 g/mol. The van der Waals surface area contributed by atoms with Crippen molar-refractivity contribution in [1.82, 2.24) is 10.6 Å².